The summed E-state index contributed by atoms with van der Waals surface area (Å²) in [5.41, 5.74) is 7.89. The molecule has 0 spiro atoms. The first-order valence-corrected chi connectivity index (χ1v) is 13.0. The number of fused-ring (bicyclic) bond motifs is 1. The van der Waals surface area contributed by atoms with E-state index in [-0.39, 0.29) is 24.4 Å². The van der Waals surface area contributed by atoms with Gasteiger partial charge in [0.05, 0.1) is 19.1 Å². The third kappa shape index (κ3) is 6.02. The molecule has 0 radical (unpaired) electrons. The van der Waals surface area contributed by atoms with Crippen molar-refractivity contribution in [3.8, 4) is 5.75 Å². The Bertz CT molecular complexity index is 1030. The number of hydrogen-bond acceptors (Lipinski definition) is 7. The number of unbranched alkanes of at least 4 members (excludes halogenated alkanes) is 1. The highest BCUT2D eigenvalue weighted by Gasteiger charge is 2.47. The quantitative estimate of drug-likeness (QED) is 0.459. The highest BCUT2D eigenvalue weighted by Crippen LogP contribution is 2.41. The van der Waals surface area contributed by atoms with Gasteiger partial charge in [-0.15, -0.1) is 0 Å². The minimum atomic E-state index is -0.838. The Kier molecular flexibility index (Phi) is 8.88. The molecular weight excluding hydrogens is 458 g/mol. The van der Waals surface area contributed by atoms with Crippen LogP contribution in [0.4, 0.5) is 0 Å². The number of aryl methyl sites for hydroxylation is 1. The van der Waals surface area contributed by atoms with Crippen molar-refractivity contribution in [3.05, 3.63) is 53.6 Å². The fourth-order valence-corrected chi connectivity index (χ4v) is 5.50. The molecule has 3 atom stereocenters. The van der Waals surface area contributed by atoms with Gasteiger partial charge in [-0.25, -0.2) is 9.97 Å². The number of ether oxygens (including phenoxy) is 1. The molecule has 1 aromatic carbocycles. The summed E-state index contributed by atoms with van der Waals surface area (Å²) in [5.74, 6) is -0.139. The molecule has 2 aliphatic heterocycles. The number of carbonyl (C=O) groups is 2. The first kappa shape index (κ1) is 26.0. The molecule has 1 aromatic heterocycles. The number of nitrogens with zero attached hydrogens (tertiary/aromatic N) is 4. The highest BCUT2D eigenvalue weighted by molar-refractivity contribution is 5.79. The number of nitrogens with two attached hydrogens (primary N) is 1. The van der Waals surface area contributed by atoms with Crippen molar-refractivity contribution in [2.75, 3.05) is 39.3 Å². The molecule has 1 amide bonds. The zero-order valence-electron chi connectivity index (χ0n) is 21.0. The van der Waals surface area contributed by atoms with Gasteiger partial charge in [0.25, 0.3) is 0 Å². The molecule has 0 bridgehead atoms. The molecule has 4 rings (SSSR count). The van der Waals surface area contributed by atoms with Crippen molar-refractivity contribution in [3.63, 3.8) is 0 Å². The molecule has 3 N–H and O–H groups in total. The standard InChI is InChI=1S/C27H37N5O4/c1-2-3-13-31(14-10-28)25(33)18-32-17-21(19-5-7-23-20(16-19)9-15-36-23)26(27(34)35)22(32)6-8-24-29-11-4-12-30-24/h4-5,7,11-12,16,21-22,26H,2-3,6,8-10,13-15,17-18,28H2,1H3,(H,34,35)/t21-,22+,26?/m1/s1. The molecule has 0 aliphatic carbocycles. The number of carboxylic acids is 1. The van der Waals surface area contributed by atoms with Crippen molar-refractivity contribution in [1.29, 1.82) is 0 Å². The summed E-state index contributed by atoms with van der Waals surface area (Å²) in [5, 5.41) is 10.4. The summed E-state index contributed by atoms with van der Waals surface area (Å²) >= 11 is 0. The maximum absolute atomic E-state index is 13.3. The van der Waals surface area contributed by atoms with Gasteiger partial charge in [0, 0.05) is 63.4 Å². The average Bonchev–Trinajstić information content (AvgIpc) is 3.50. The zero-order chi connectivity index (χ0) is 25.5. The van der Waals surface area contributed by atoms with Crippen LogP contribution < -0.4 is 10.5 Å². The first-order chi connectivity index (χ1) is 17.5. The van der Waals surface area contributed by atoms with Crippen molar-refractivity contribution in [2.24, 2.45) is 11.7 Å². The normalized spacial score (nSPS) is 21.2. The lowest BCUT2D eigenvalue weighted by Crippen LogP contribution is -2.45. The smallest absolute Gasteiger partial charge is 0.308 e. The minimum Gasteiger partial charge on any atom is -0.493 e. The van der Waals surface area contributed by atoms with Gasteiger partial charge in [-0.2, -0.15) is 0 Å². The number of hydrogen-bond donors (Lipinski definition) is 2. The van der Waals surface area contributed by atoms with Crippen LogP contribution in [0.3, 0.4) is 0 Å². The molecule has 1 saturated heterocycles. The van der Waals surface area contributed by atoms with Crippen LogP contribution in [0.15, 0.2) is 36.7 Å². The van der Waals surface area contributed by atoms with Gasteiger partial charge < -0.3 is 20.5 Å². The van der Waals surface area contributed by atoms with Gasteiger partial charge in [0.1, 0.15) is 11.6 Å². The molecule has 0 saturated carbocycles. The molecule has 1 fully saturated rings. The molecule has 9 heteroatoms. The van der Waals surface area contributed by atoms with E-state index in [0.717, 1.165) is 36.1 Å². The largest absolute Gasteiger partial charge is 0.493 e. The molecular formula is C27H37N5O4. The lowest BCUT2D eigenvalue weighted by atomic mass is 9.83. The summed E-state index contributed by atoms with van der Waals surface area (Å²) in [7, 11) is 0. The number of aromatic nitrogens is 2. The Hall–Kier alpha value is -3.04. The molecule has 2 aliphatic rings. The fraction of sp³-hybridized carbons (Fsp3) is 0.556. The number of carboxylic acid groups (broad SMARTS) is 1. The van der Waals surface area contributed by atoms with Crippen LogP contribution in [-0.4, -0.2) is 82.1 Å². The second-order valence-electron chi connectivity index (χ2n) is 9.66. The lowest BCUT2D eigenvalue weighted by molar-refractivity contribution is -0.143. The van der Waals surface area contributed by atoms with Gasteiger partial charge in [0.15, 0.2) is 0 Å². The van der Waals surface area contributed by atoms with Crippen molar-refractivity contribution < 1.29 is 19.4 Å². The third-order valence-corrected chi connectivity index (χ3v) is 7.33. The van der Waals surface area contributed by atoms with E-state index in [1.807, 2.05) is 17.0 Å². The number of benzene rings is 1. The van der Waals surface area contributed by atoms with Crippen molar-refractivity contribution >= 4 is 11.9 Å². The number of carbonyl (C=O) groups excluding carboxylic acids is 1. The maximum atomic E-state index is 13.3. The van der Waals surface area contributed by atoms with Crippen molar-refractivity contribution in [1.82, 2.24) is 19.8 Å². The number of likely N-dealkylation sites (tertiary alicyclic amines) is 1. The Morgan fingerprint density at radius 3 is 2.78 bits per heavy atom. The topological polar surface area (TPSA) is 122 Å². The monoisotopic (exact) mass is 495 g/mol. The Morgan fingerprint density at radius 1 is 1.25 bits per heavy atom. The van der Waals surface area contributed by atoms with Crippen LogP contribution >= 0.6 is 0 Å². The molecule has 36 heavy (non-hydrogen) atoms. The fourth-order valence-electron chi connectivity index (χ4n) is 5.50. The zero-order valence-corrected chi connectivity index (χ0v) is 21.0. The second-order valence-corrected chi connectivity index (χ2v) is 9.66. The van der Waals surface area contributed by atoms with Gasteiger partial charge in [-0.3, -0.25) is 14.5 Å². The van der Waals surface area contributed by atoms with E-state index in [9.17, 15) is 14.7 Å². The third-order valence-electron chi connectivity index (χ3n) is 7.33. The van der Waals surface area contributed by atoms with Gasteiger partial charge in [-0.1, -0.05) is 25.5 Å². The molecule has 3 heterocycles. The predicted octanol–water partition coefficient (Wildman–Crippen LogP) is 2.10. The second kappa shape index (κ2) is 12.3. The minimum absolute atomic E-state index is 0.00185. The van der Waals surface area contributed by atoms with Crippen LogP contribution in [0.5, 0.6) is 5.75 Å². The van der Waals surface area contributed by atoms with E-state index in [1.54, 1.807) is 18.5 Å². The SMILES string of the molecule is CCCCN(CCN)C(=O)CN1C[C@H](c2ccc3c(c2)CCO3)C(C(=O)O)[C@@H]1CCc1ncccn1. The summed E-state index contributed by atoms with van der Waals surface area (Å²) in [6, 6.07) is 7.48. The molecule has 9 nitrogen and oxygen atoms in total. The van der Waals surface area contributed by atoms with E-state index in [2.05, 4.69) is 27.9 Å². The number of rotatable bonds is 12. The first-order valence-electron chi connectivity index (χ1n) is 13.0. The maximum Gasteiger partial charge on any atom is 0.308 e. The predicted molar refractivity (Wildman–Crippen MR) is 136 cm³/mol. The van der Waals surface area contributed by atoms with Crippen LogP contribution in [0, 0.1) is 5.92 Å². The van der Waals surface area contributed by atoms with Gasteiger partial charge in [-0.05, 0) is 36.1 Å². The molecule has 2 aromatic rings. The van der Waals surface area contributed by atoms with Gasteiger partial charge >= 0.3 is 5.97 Å². The van der Waals surface area contributed by atoms with E-state index in [1.165, 1.54) is 0 Å². The Balaban J connectivity index is 1.59. The summed E-state index contributed by atoms with van der Waals surface area (Å²) in [6.45, 7) is 5.01. The van der Waals surface area contributed by atoms with Crippen LogP contribution in [0.2, 0.25) is 0 Å². The number of aliphatic carboxylic acids is 1. The van der Waals surface area contributed by atoms with Crippen LogP contribution in [0.1, 0.15) is 49.1 Å². The van der Waals surface area contributed by atoms with E-state index >= 15 is 0 Å². The Morgan fingerprint density at radius 2 is 2.06 bits per heavy atom. The van der Waals surface area contributed by atoms with Crippen LogP contribution in [-0.2, 0) is 22.4 Å². The molecule has 1 unspecified atom stereocenters. The van der Waals surface area contributed by atoms with E-state index < -0.39 is 11.9 Å². The average molecular weight is 496 g/mol. The summed E-state index contributed by atoms with van der Waals surface area (Å²) < 4.78 is 5.65. The van der Waals surface area contributed by atoms with Crippen molar-refractivity contribution in [2.45, 2.75) is 51.0 Å². The number of amides is 1. The highest BCUT2D eigenvalue weighted by atomic mass is 16.5. The lowest BCUT2D eigenvalue weighted by Gasteiger charge is -2.29. The summed E-state index contributed by atoms with van der Waals surface area (Å²) in [6.07, 6.45) is 7.23. The van der Waals surface area contributed by atoms with Gasteiger partial charge in [0.2, 0.25) is 5.91 Å². The molecule has 194 valence electrons. The Labute approximate surface area is 212 Å². The van der Waals surface area contributed by atoms with E-state index in [4.69, 9.17) is 10.5 Å². The van der Waals surface area contributed by atoms with Crippen LogP contribution in [0.25, 0.3) is 0 Å². The summed E-state index contributed by atoms with van der Waals surface area (Å²) in [4.78, 5) is 38.5. The van der Waals surface area contributed by atoms with E-state index in [0.29, 0.717) is 51.5 Å².